The number of ether oxygens (including phenoxy) is 1. The van der Waals surface area contributed by atoms with E-state index >= 15 is 0 Å². The van der Waals surface area contributed by atoms with Gasteiger partial charge in [0.2, 0.25) is 6.41 Å². The number of benzene rings is 2. The zero-order chi connectivity index (χ0) is 14.9. The van der Waals surface area contributed by atoms with E-state index in [1.807, 2.05) is 30.3 Å². The Labute approximate surface area is 123 Å². The molecule has 0 saturated heterocycles. The summed E-state index contributed by atoms with van der Waals surface area (Å²) in [6.45, 7) is 0.350. The van der Waals surface area contributed by atoms with Gasteiger partial charge < -0.3 is 10.1 Å². The van der Waals surface area contributed by atoms with E-state index in [9.17, 15) is 9.59 Å². The lowest BCUT2D eigenvalue weighted by molar-refractivity contribution is -0.105. The molecule has 0 aliphatic heterocycles. The number of hydrogen-bond donors (Lipinski definition) is 1. The number of carbonyl (C=O) groups excluding carboxylic acids is 2. The highest BCUT2D eigenvalue weighted by atomic mass is 16.5. The molecule has 21 heavy (non-hydrogen) atoms. The van der Waals surface area contributed by atoms with Gasteiger partial charge in [0.1, 0.15) is 0 Å². The van der Waals surface area contributed by atoms with E-state index < -0.39 is 5.97 Å². The predicted molar refractivity (Wildman–Crippen MR) is 81.2 cm³/mol. The predicted octanol–water partition coefficient (Wildman–Crippen LogP) is 3.04. The Morgan fingerprint density at radius 1 is 1.05 bits per heavy atom. The molecule has 0 unspecified atom stereocenters. The Morgan fingerprint density at radius 2 is 1.76 bits per heavy atom. The summed E-state index contributed by atoms with van der Waals surface area (Å²) in [7, 11) is 0. The lowest BCUT2D eigenvalue weighted by atomic mass is 10.1. The van der Waals surface area contributed by atoms with E-state index in [1.54, 1.807) is 24.3 Å². The molecule has 0 bridgehead atoms. The second kappa shape index (κ2) is 7.85. The minimum atomic E-state index is -0.423. The second-order valence-corrected chi connectivity index (χ2v) is 4.53. The first-order valence-electron chi connectivity index (χ1n) is 6.81. The second-order valence-electron chi connectivity index (χ2n) is 4.53. The molecule has 0 saturated carbocycles. The third-order valence-electron chi connectivity index (χ3n) is 3.05. The van der Waals surface area contributed by atoms with Crippen molar-refractivity contribution in [2.45, 2.75) is 12.8 Å². The van der Waals surface area contributed by atoms with Gasteiger partial charge in [-0.25, -0.2) is 4.79 Å². The Kier molecular flexibility index (Phi) is 5.52. The Bertz CT molecular complexity index is 596. The molecule has 4 nitrogen and oxygen atoms in total. The maximum Gasteiger partial charge on any atom is 0.340 e. The van der Waals surface area contributed by atoms with Crippen LogP contribution in [0.5, 0.6) is 0 Å². The fraction of sp³-hybridized carbons (Fsp3) is 0.176. The Morgan fingerprint density at radius 3 is 2.52 bits per heavy atom. The molecule has 2 rings (SSSR count). The van der Waals surface area contributed by atoms with Crippen LogP contribution in [0.15, 0.2) is 54.6 Å². The summed E-state index contributed by atoms with van der Waals surface area (Å²) in [6.07, 6.45) is 2.17. The zero-order valence-electron chi connectivity index (χ0n) is 11.6. The van der Waals surface area contributed by atoms with Crippen molar-refractivity contribution in [1.82, 2.24) is 0 Å². The van der Waals surface area contributed by atoms with Gasteiger partial charge in [-0.1, -0.05) is 42.5 Å². The van der Waals surface area contributed by atoms with Crippen LogP contribution in [0.3, 0.4) is 0 Å². The Hall–Kier alpha value is -2.62. The molecule has 2 aromatic carbocycles. The van der Waals surface area contributed by atoms with Crippen LogP contribution in [-0.4, -0.2) is 19.0 Å². The van der Waals surface area contributed by atoms with E-state index in [0.29, 0.717) is 24.3 Å². The molecule has 0 aliphatic carbocycles. The van der Waals surface area contributed by atoms with E-state index in [-0.39, 0.29) is 0 Å². The third kappa shape index (κ3) is 4.45. The van der Waals surface area contributed by atoms with Gasteiger partial charge in [0.05, 0.1) is 17.9 Å². The van der Waals surface area contributed by atoms with Crippen LogP contribution in [0.25, 0.3) is 0 Å². The highest BCUT2D eigenvalue weighted by Gasteiger charge is 2.11. The molecular weight excluding hydrogens is 266 g/mol. The van der Waals surface area contributed by atoms with Crippen molar-refractivity contribution in [2.75, 3.05) is 11.9 Å². The van der Waals surface area contributed by atoms with Gasteiger partial charge in [0.15, 0.2) is 0 Å². The summed E-state index contributed by atoms with van der Waals surface area (Å²) < 4.78 is 5.24. The average molecular weight is 283 g/mol. The van der Waals surface area contributed by atoms with Crippen molar-refractivity contribution < 1.29 is 14.3 Å². The highest BCUT2D eigenvalue weighted by Crippen LogP contribution is 2.15. The number of anilines is 1. The van der Waals surface area contributed by atoms with Crippen LogP contribution in [0, 0.1) is 0 Å². The molecule has 0 radical (unpaired) electrons. The third-order valence-corrected chi connectivity index (χ3v) is 3.05. The smallest absolute Gasteiger partial charge is 0.340 e. The van der Waals surface area contributed by atoms with Crippen molar-refractivity contribution in [3.05, 3.63) is 65.7 Å². The molecule has 0 spiro atoms. The van der Waals surface area contributed by atoms with Crippen molar-refractivity contribution in [3.8, 4) is 0 Å². The van der Waals surface area contributed by atoms with Crippen LogP contribution < -0.4 is 5.32 Å². The first kappa shape index (κ1) is 14.8. The largest absolute Gasteiger partial charge is 0.462 e. The molecule has 0 atom stereocenters. The molecule has 108 valence electrons. The normalized spacial score (nSPS) is 9.90. The number of esters is 1. The number of carbonyl (C=O) groups is 2. The van der Waals surface area contributed by atoms with Crippen LogP contribution in [0.2, 0.25) is 0 Å². The van der Waals surface area contributed by atoms with Gasteiger partial charge in [0, 0.05) is 0 Å². The van der Waals surface area contributed by atoms with Gasteiger partial charge in [-0.3, -0.25) is 4.79 Å². The number of aryl methyl sites for hydroxylation is 1. The number of para-hydroxylation sites is 1. The van der Waals surface area contributed by atoms with Crippen LogP contribution >= 0.6 is 0 Å². The molecule has 0 fully saturated rings. The van der Waals surface area contributed by atoms with Crippen LogP contribution in [0.1, 0.15) is 22.3 Å². The molecule has 0 aliphatic rings. The summed E-state index contributed by atoms with van der Waals surface area (Å²) in [4.78, 5) is 22.5. The van der Waals surface area contributed by atoms with E-state index in [4.69, 9.17) is 4.74 Å². The number of rotatable bonds is 7. The first-order valence-corrected chi connectivity index (χ1v) is 6.81. The molecule has 0 heterocycles. The highest BCUT2D eigenvalue weighted by molar-refractivity contribution is 5.97. The monoisotopic (exact) mass is 283 g/mol. The van der Waals surface area contributed by atoms with Crippen molar-refractivity contribution >= 4 is 18.1 Å². The number of amides is 1. The molecule has 0 aromatic heterocycles. The minimum Gasteiger partial charge on any atom is -0.462 e. The zero-order valence-corrected chi connectivity index (χ0v) is 11.6. The molecule has 2 aromatic rings. The van der Waals surface area contributed by atoms with Crippen LogP contribution in [0.4, 0.5) is 5.69 Å². The fourth-order valence-electron chi connectivity index (χ4n) is 2.01. The summed E-state index contributed by atoms with van der Waals surface area (Å²) in [5.41, 5.74) is 2.04. The SMILES string of the molecule is O=CNc1ccccc1C(=O)OCCCc1ccccc1. The molecule has 1 N–H and O–H groups in total. The average Bonchev–Trinajstić information content (AvgIpc) is 2.53. The van der Waals surface area contributed by atoms with E-state index in [2.05, 4.69) is 5.32 Å². The summed E-state index contributed by atoms with van der Waals surface area (Å²) in [5, 5.41) is 2.49. The first-order chi connectivity index (χ1) is 10.3. The van der Waals surface area contributed by atoms with Gasteiger partial charge >= 0.3 is 5.97 Å². The van der Waals surface area contributed by atoms with E-state index in [0.717, 1.165) is 12.8 Å². The van der Waals surface area contributed by atoms with Gasteiger partial charge in [-0.05, 0) is 30.5 Å². The van der Waals surface area contributed by atoms with E-state index in [1.165, 1.54) is 5.56 Å². The topological polar surface area (TPSA) is 55.4 Å². The fourth-order valence-corrected chi connectivity index (χ4v) is 2.01. The Balaban J connectivity index is 1.83. The number of nitrogens with one attached hydrogen (secondary N) is 1. The molecule has 1 amide bonds. The molecule has 4 heteroatoms. The standard InChI is InChI=1S/C17H17NO3/c19-13-18-16-11-5-4-10-15(16)17(20)21-12-6-9-14-7-2-1-3-8-14/h1-5,7-8,10-11,13H,6,9,12H2,(H,18,19). The maximum atomic E-state index is 12.0. The molecular formula is C17H17NO3. The van der Waals surface area contributed by atoms with Crippen molar-refractivity contribution in [1.29, 1.82) is 0 Å². The van der Waals surface area contributed by atoms with Gasteiger partial charge in [-0.2, -0.15) is 0 Å². The summed E-state index contributed by atoms with van der Waals surface area (Å²) in [5.74, 6) is -0.423. The van der Waals surface area contributed by atoms with Crippen LogP contribution in [-0.2, 0) is 16.0 Å². The number of hydrogen-bond acceptors (Lipinski definition) is 3. The lowest BCUT2D eigenvalue weighted by Gasteiger charge is -2.08. The maximum absolute atomic E-state index is 12.0. The quantitative estimate of drug-likeness (QED) is 0.483. The van der Waals surface area contributed by atoms with Gasteiger partial charge in [-0.15, -0.1) is 0 Å². The van der Waals surface area contributed by atoms with Crippen molar-refractivity contribution in [2.24, 2.45) is 0 Å². The lowest BCUT2D eigenvalue weighted by Crippen LogP contribution is -2.10. The van der Waals surface area contributed by atoms with Crippen molar-refractivity contribution in [3.63, 3.8) is 0 Å². The van der Waals surface area contributed by atoms with Gasteiger partial charge in [0.25, 0.3) is 0 Å². The minimum absolute atomic E-state index is 0.350. The summed E-state index contributed by atoms with van der Waals surface area (Å²) >= 11 is 0. The summed E-state index contributed by atoms with van der Waals surface area (Å²) in [6, 6.07) is 16.8.